The van der Waals surface area contributed by atoms with Crippen LogP contribution in [0.25, 0.3) is 5.52 Å². The van der Waals surface area contributed by atoms with Gasteiger partial charge in [-0.15, -0.1) is 0 Å². The lowest BCUT2D eigenvalue weighted by molar-refractivity contribution is -0.0750. The van der Waals surface area contributed by atoms with Gasteiger partial charge in [-0.25, -0.2) is 9.08 Å². The minimum absolute atomic E-state index is 0.137. The zero-order chi connectivity index (χ0) is 37.1. The van der Waals surface area contributed by atoms with Crippen molar-refractivity contribution in [3.63, 3.8) is 0 Å². The van der Waals surface area contributed by atoms with Gasteiger partial charge in [0, 0.05) is 12.8 Å². The van der Waals surface area contributed by atoms with Crippen LogP contribution in [0, 0.1) is 11.3 Å². The molecule has 5 N–H and O–H groups in total. The number of phosphoric ester groups is 1. The summed E-state index contributed by atoms with van der Waals surface area (Å²) in [4.78, 5) is 10.4. The summed E-state index contributed by atoms with van der Waals surface area (Å²) in [5.74, 6) is 0. The SMILES string of the molecule is CCCCCCCCCCCCCCCCCCOC[C@H](COP(=O)(O)OC[C@H]1O[C@@](C#N)(c2ccc3c(N)ccnn23)[C@H](O)[C@@H]1O)OC(C)C. The molecular formula is C37H63N4O9P. The number of unbranched alkanes of at least 4 members (excludes halogenated alkanes) is 15. The Balaban J connectivity index is 1.31. The highest BCUT2D eigenvalue weighted by Gasteiger charge is 2.58. The third-order valence-corrected chi connectivity index (χ3v) is 10.3. The van der Waals surface area contributed by atoms with Gasteiger partial charge in [0.2, 0.25) is 5.60 Å². The second kappa shape index (κ2) is 22.8. The molecule has 0 aromatic carbocycles. The van der Waals surface area contributed by atoms with Crippen molar-refractivity contribution in [2.24, 2.45) is 0 Å². The molecule has 1 aliphatic rings. The van der Waals surface area contributed by atoms with E-state index >= 15 is 0 Å². The summed E-state index contributed by atoms with van der Waals surface area (Å²) < 4.78 is 41.9. The highest BCUT2D eigenvalue weighted by molar-refractivity contribution is 7.47. The van der Waals surface area contributed by atoms with E-state index in [1.807, 2.05) is 19.9 Å². The average molecular weight is 739 g/mol. The van der Waals surface area contributed by atoms with Crippen molar-refractivity contribution in [3.8, 4) is 6.07 Å². The maximum atomic E-state index is 12.8. The monoisotopic (exact) mass is 738 g/mol. The van der Waals surface area contributed by atoms with Crippen LogP contribution in [-0.2, 0) is 33.4 Å². The summed E-state index contributed by atoms with van der Waals surface area (Å²) in [5.41, 5.74) is 4.96. The molecule has 1 fully saturated rings. The Kier molecular flexibility index (Phi) is 19.4. The molecule has 1 saturated heterocycles. The number of aliphatic hydroxyl groups excluding tert-OH is 2. The molecule has 3 heterocycles. The molecule has 13 nitrogen and oxygen atoms in total. The highest BCUT2D eigenvalue weighted by atomic mass is 31.2. The van der Waals surface area contributed by atoms with Gasteiger partial charge in [-0.3, -0.25) is 9.05 Å². The van der Waals surface area contributed by atoms with Gasteiger partial charge in [-0.05, 0) is 38.5 Å². The molecule has 1 unspecified atom stereocenters. The van der Waals surface area contributed by atoms with Crippen LogP contribution in [0.1, 0.15) is 129 Å². The predicted molar refractivity (Wildman–Crippen MR) is 196 cm³/mol. The van der Waals surface area contributed by atoms with Crippen LogP contribution in [0.5, 0.6) is 0 Å². The maximum Gasteiger partial charge on any atom is 0.472 e. The minimum Gasteiger partial charge on any atom is -0.397 e. The van der Waals surface area contributed by atoms with Crippen LogP contribution in [0.3, 0.4) is 0 Å². The van der Waals surface area contributed by atoms with Gasteiger partial charge in [0.15, 0.2) is 0 Å². The number of nitrogen functional groups attached to an aromatic ring is 1. The Labute approximate surface area is 304 Å². The fourth-order valence-electron chi connectivity index (χ4n) is 6.50. The van der Waals surface area contributed by atoms with Crippen molar-refractivity contribution in [1.29, 1.82) is 5.26 Å². The van der Waals surface area contributed by atoms with Gasteiger partial charge in [0.1, 0.15) is 30.5 Å². The summed E-state index contributed by atoms with van der Waals surface area (Å²) >= 11 is 0. The molecule has 0 saturated carbocycles. The number of hydrogen-bond acceptors (Lipinski definition) is 11. The number of phosphoric acid groups is 1. The molecular weight excluding hydrogens is 675 g/mol. The number of fused-ring (bicyclic) bond motifs is 1. The molecule has 290 valence electrons. The summed E-state index contributed by atoms with van der Waals surface area (Å²) in [7, 11) is -4.65. The first kappa shape index (κ1) is 43.3. The number of nitrogens with two attached hydrogens (primary N) is 1. The first-order valence-corrected chi connectivity index (χ1v) is 20.6. The summed E-state index contributed by atoms with van der Waals surface area (Å²) in [6.45, 7) is 5.79. The van der Waals surface area contributed by atoms with E-state index in [-0.39, 0.29) is 25.0 Å². The molecule has 6 atom stereocenters. The topological polar surface area (TPSA) is 191 Å². The molecule has 0 spiro atoms. The third kappa shape index (κ3) is 14.0. The molecule has 0 aliphatic carbocycles. The van der Waals surface area contributed by atoms with E-state index in [9.17, 15) is 24.9 Å². The smallest absolute Gasteiger partial charge is 0.397 e. The molecule has 1 aliphatic heterocycles. The third-order valence-electron chi connectivity index (χ3n) is 9.33. The lowest BCUT2D eigenvalue weighted by atomic mass is 9.92. The molecule has 3 rings (SSSR count). The van der Waals surface area contributed by atoms with Crippen molar-refractivity contribution in [1.82, 2.24) is 9.61 Å². The largest absolute Gasteiger partial charge is 0.472 e. The zero-order valence-corrected chi connectivity index (χ0v) is 31.9. The highest BCUT2D eigenvalue weighted by Crippen LogP contribution is 2.46. The average Bonchev–Trinajstić information content (AvgIpc) is 3.65. The van der Waals surface area contributed by atoms with Crippen molar-refractivity contribution in [2.45, 2.75) is 160 Å². The molecule has 0 radical (unpaired) electrons. The Morgan fingerprint density at radius 3 is 2.10 bits per heavy atom. The number of nitriles is 1. The lowest BCUT2D eigenvalue weighted by Crippen LogP contribution is -2.41. The van der Waals surface area contributed by atoms with Crippen molar-refractivity contribution >= 4 is 19.0 Å². The lowest BCUT2D eigenvalue weighted by Gasteiger charge is -2.24. The van der Waals surface area contributed by atoms with Crippen LogP contribution < -0.4 is 5.73 Å². The van der Waals surface area contributed by atoms with Gasteiger partial charge >= 0.3 is 7.82 Å². The van der Waals surface area contributed by atoms with Crippen molar-refractivity contribution in [2.75, 3.05) is 32.2 Å². The van der Waals surface area contributed by atoms with Crippen LogP contribution >= 0.6 is 7.82 Å². The van der Waals surface area contributed by atoms with E-state index in [0.29, 0.717) is 17.8 Å². The Morgan fingerprint density at radius 2 is 1.53 bits per heavy atom. The normalized spacial score (nSPS) is 22.4. The second-order valence-electron chi connectivity index (χ2n) is 14.0. The number of aliphatic hydroxyl groups is 2. The number of anilines is 1. The van der Waals surface area contributed by atoms with Crippen LogP contribution in [0.2, 0.25) is 0 Å². The Hall–Kier alpha value is -2.11. The predicted octanol–water partition coefficient (Wildman–Crippen LogP) is 6.96. The van der Waals surface area contributed by atoms with Crippen LogP contribution in [0.15, 0.2) is 24.4 Å². The first-order chi connectivity index (χ1) is 24.5. The molecule has 51 heavy (non-hydrogen) atoms. The van der Waals surface area contributed by atoms with Gasteiger partial charge in [0.25, 0.3) is 0 Å². The molecule has 2 aromatic rings. The summed E-state index contributed by atoms with van der Waals surface area (Å²) in [5, 5.41) is 35.9. The van der Waals surface area contributed by atoms with E-state index in [4.69, 9.17) is 29.0 Å². The quantitative estimate of drug-likeness (QED) is 0.0519. The fraction of sp³-hybridized carbons (Fsp3) is 0.784. The number of aromatic nitrogens is 2. The van der Waals surface area contributed by atoms with Crippen LogP contribution in [-0.4, -0.2) is 81.7 Å². The standard InChI is InChI=1S/C37H63N4O9P/c1-4-5-6-7-8-9-10-11-12-13-14-15-16-17-18-19-24-46-25-30(49-29(2)3)26-47-51(44,45)48-27-33-35(42)36(43)37(28-38,50-33)34-21-20-32-31(39)22-23-40-41(32)34/h20-23,29-30,33,35-36,42-43H,4-19,24-27,39H2,1-3H3,(H,44,45)/t30-,33-,35-,36-,37+/m1/s1. The fourth-order valence-corrected chi connectivity index (χ4v) is 7.26. The molecule has 2 aromatic heterocycles. The molecule has 14 heteroatoms. The van der Waals surface area contributed by atoms with E-state index < -0.39 is 44.4 Å². The number of hydrogen-bond donors (Lipinski definition) is 4. The number of nitrogens with zero attached hydrogens (tertiary/aromatic N) is 3. The van der Waals surface area contributed by atoms with Crippen molar-refractivity contribution < 1.29 is 42.9 Å². The van der Waals surface area contributed by atoms with Gasteiger partial charge in [-0.1, -0.05) is 103 Å². The first-order valence-electron chi connectivity index (χ1n) is 19.1. The summed E-state index contributed by atoms with van der Waals surface area (Å²) in [6, 6.07) is 6.64. The Bertz CT molecular complexity index is 1360. The molecule has 0 bridgehead atoms. The van der Waals surface area contributed by atoms with Crippen molar-refractivity contribution in [3.05, 3.63) is 30.1 Å². The second-order valence-corrected chi connectivity index (χ2v) is 15.4. The van der Waals surface area contributed by atoms with Gasteiger partial charge in [-0.2, -0.15) is 10.4 Å². The minimum atomic E-state index is -4.65. The van der Waals surface area contributed by atoms with Gasteiger partial charge < -0.3 is 35.1 Å². The van der Waals surface area contributed by atoms with E-state index in [2.05, 4.69) is 12.0 Å². The van der Waals surface area contributed by atoms with E-state index in [1.54, 1.807) is 12.1 Å². The number of ether oxygens (including phenoxy) is 3. The van der Waals surface area contributed by atoms with Crippen LogP contribution in [0.4, 0.5) is 5.69 Å². The maximum absolute atomic E-state index is 12.8. The molecule has 0 amide bonds. The zero-order valence-electron chi connectivity index (χ0n) is 31.0. The van der Waals surface area contributed by atoms with E-state index in [1.165, 1.54) is 107 Å². The van der Waals surface area contributed by atoms with E-state index in [0.717, 1.165) is 12.8 Å². The summed E-state index contributed by atoms with van der Waals surface area (Å²) in [6.07, 6.45) is 16.7. The number of rotatable bonds is 28. The Morgan fingerprint density at radius 1 is 0.941 bits per heavy atom. The van der Waals surface area contributed by atoms with Gasteiger partial charge in [0.05, 0.1) is 42.8 Å².